The molecule has 5 nitrogen and oxygen atoms in total. The number of aliphatic hydroxyl groups is 1. The maximum Gasteiger partial charge on any atom is 0.312 e. The van der Waals surface area contributed by atoms with Crippen molar-refractivity contribution in [1.82, 2.24) is 0 Å². The third-order valence-corrected chi connectivity index (χ3v) is 2.89. The first-order chi connectivity index (χ1) is 8.82. The van der Waals surface area contributed by atoms with Crippen molar-refractivity contribution in [3.63, 3.8) is 0 Å². The van der Waals surface area contributed by atoms with Gasteiger partial charge in [0.15, 0.2) is 0 Å². The first-order valence-corrected chi connectivity index (χ1v) is 6.54. The summed E-state index contributed by atoms with van der Waals surface area (Å²) in [5, 5.41) is 20.8. The molecule has 0 spiro atoms. The zero-order chi connectivity index (χ0) is 14.6. The SMILES string of the molecule is CC(C)=CCOc1c([C@@H](C)O)cc(Br)cc1[N+](=O)[O-]. The quantitative estimate of drug-likeness (QED) is 0.507. The summed E-state index contributed by atoms with van der Waals surface area (Å²) in [6, 6.07) is 2.99. The lowest BCUT2D eigenvalue weighted by Gasteiger charge is -2.13. The molecule has 1 atom stereocenters. The molecule has 1 rings (SSSR count). The highest BCUT2D eigenvalue weighted by molar-refractivity contribution is 9.10. The summed E-state index contributed by atoms with van der Waals surface area (Å²) >= 11 is 3.19. The fraction of sp³-hybridized carbons (Fsp3) is 0.385. The van der Waals surface area contributed by atoms with Gasteiger partial charge in [0.25, 0.3) is 0 Å². The van der Waals surface area contributed by atoms with Crippen LogP contribution in [0.15, 0.2) is 28.3 Å². The van der Waals surface area contributed by atoms with Gasteiger partial charge in [-0.1, -0.05) is 21.5 Å². The van der Waals surface area contributed by atoms with E-state index >= 15 is 0 Å². The van der Waals surface area contributed by atoms with E-state index in [1.54, 1.807) is 13.0 Å². The Morgan fingerprint density at radius 3 is 2.68 bits per heavy atom. The topological polar surface area (TPSA) is 72.6 Å². The maximum atomic E-state index is 11.1. The average molecular weight is 330 g/mol. The second kappa shape index (κ2) is 6.68. The molecule has 0 aliphatic rings. The first-order valence-electron chi connectivity index (χ1n) is 5.75. The fourth-order valence-corrected chi connectivity index (χ4v) is 1.96. The smallest absolute Gasteiger partial charge is 0.312 e. The highest BCUT2D eigenvalue weighted by Crippen LogP contribution is 2.37. The molecule has 0 saturated heterocycles. The molecule has 6 heteroatoms. The van der Waals surface area contributed by atoms with E-state index in [1.165, 1.54) is 6.07 Å². The van der Waals surface area contributed by atoms with Gasteiger partial charge in [0.05, 0.1) is 11.0 Å². The highest BCUT2D eigenvalue weighted by Gasteiger charge is 2.23. The number of rotatable bonds is 5. The van der Waals surface area contributed by atoms with Crippen LogP contribution in [0, 0.1) is 10.1 Å². The molecule has 0 fully saturated rings. The third kappa shape index (κ3) is 4.33. The van der Waals surface area contributed by atoms with Gasteiger partial charge in [0.2, 0.25) is 5.75 Å². The summed E-state index contributed by atoms with van der Waals surface area (Å²) in [7, 11) is 0. The number of aliphatic hydroxyl groups excluding tert-OH is 1. The van der Waals surface area contributed by atoms with Crippen LogP contribution in [0.4, 0.5) is 5.69 Å². The van der Waals surface area contributed by atoms with Gasteiger partial charge in [0, 0.05) is 16.1 Å². The van der Waals surface area contributed by atoms with Gasteiger partial charge in [-0.3, -0.25) is 10.1 Å². The monoisotopic (exact) mass is 329 g/mol. The van der Waals surface area contributed by atoms with Gasteiger partial charge in [-0.05, 0) is 32.9 Å². The molecule has 0 amide bonds. The molecule has 0 aromatic heterocycles. The Kier molecular flexibility index (Phi) is 5.50. The summed E-state index contributed by atoms with van der Waals surface area (Å²) in [6.07, 6.45) is 0.968. The lowest BCUT2D eigenvalue weighted by molar-refractivity contribution is -0.386. The standard InChI is InChI=1S/C13H16BrNO4/c1-8(2)4-5-19-13-11(9(3)16)6-10(14)7-12(13)15(17)18/h4,6-7,9,16H,5H2,1-3H3/t9-/m1/s1. The maximum absolute atomic E-state index is 11.1. The van der Waals surface area contributed by atoms with Gasteiger partial charge in [-0.25, -0.2) is 0 Å². The third-order valence-electron chi connectivity index (χ3n) is 2.43. The van der Waals surface area contributed by atoms with Gasteiger partial charge >= 0.3 is 5.69 Å². The molecule has 0 radical (unpaired) electrons. The summed E-state index contributed by atoms with van der Waals surface area (Å²) in [6.45, 7) is 5.59. The molecule has 1 aromatic rings. The van der Waals surface area contributed by atoms with E-state index in [2.05, 4.69) is 15.9 Å². The number of ether oxygens (including phenoxy) is 1. The minimum atomic E-state index is -0.849. The summed E-state index contributed by atoms with van der Waals surface area (Å²) < 4.78 is 5.99. The fourth-order valence-electron chi connectivity index (χ4n) is 1.49. The van der Waals surface area contributed by atoms with E-state index in [-0.39, 0.29) is 18.0 Å². The van der Waals surface area contributed by atoms with Crippen LogP contribution in [0.5, 0.6) is 5.75 Å². The van der Waals surface area contributed by atoms with E-state index in [9.17, 15) is 15.2 Å². The van der Waals surface area contributed by atoms with E-state index in [0.717, 1.165) is 5.57 Å². The predicted octanol–water partition coefficient (Wildman–Crippen LogP) is 3.76. The zero-order valence-electron chi connectivity index (χ0n) is 11.0. The van der Waals surface area contributed by atoms with Crippen molar-refractivity contribution in [2.45, 2.75) is 26.9 Å². The van der Waals surface area contributed by atoms with Crippen LogP contribution in [0.2, 0.25) is 0 Å². The molecule has 0 aliphatic carbocycles. The summed E-state index contributed by atoms with van der Waals surface area (Å²) in [5.74, 6) is 0.112. The lowest BCUT2D eigenvalue weighted by atomic mass is 10.1. The van der Waals surface area contributed by atoms with Crippen LogP contribution in [0.1, 0.15) is 32.4 Å². The molecule has 104 valence electrons. The molecular formula is C13H16BrNO4. The molecule has 1 aromatic carbocycles. The molecule has 0 unspecified atom stereocenters. The normalized spacial score (nSPS) is 11.8. The molecule has 0 bridgehead atoms. The van der Waals surface area contributed by atoms with Gasteiger partial charge in [0.1, 0.15) is 6.61 Å². The number of hydrogen-bond acceptors (Lipinski definition) is 4. The number of allylic oxidation sites excluding steroid dienone is 1. The van der Waals surface area contributed by atoms with E-state index in [0.29, 0.717) is 10.0 Å². The van der Waals surface area contributed by atoms with E-state index in [1.807, 2.05) is 19.9 Å². The Morgan fingerprint density at radius 1 is 1.58 bits per heavy atom. The van der Waals surface area contributed by atoms with Crippen LogP contribution in [0.25, 0.3) is 0 Å². The molecular weight excluding hydrogens is 314 g/mol. The van der Waals surface area contributed by atoms with Crippen LogP contribution in [-0.4, -0.2) is 16.6 Å². The van der Waals surface area contributed by atoms with Gasteiger partial charge in [-0.15, -0.1) is 0 Å². The lowest BCUT2D eigenvalue weighted by Crippen LogP contribution is -2.04. The molecule has 0 aliphatic heterocycles. The van der Waals surface area contributed by atoms with Gasteiger partial charge in [-0.2, -0.15) is 0 Å². The van der Waals surface area contributed by atoms with Crippen molar-refractivity contribution in [3.05, 3.63) is 43.9 Å². The number of hydrogen-bond donors (Lipinski definition) is 1. The van der Waals surface area contributed by atoms with Crippen LogP contribution in [-0.2, 0) is 0 Å². The largest absolute Gasteiger partial charge is 0.482 e. The minimum Gasteiger partial charge on any atom is -0.482 e. The summed E-state index contributed by atoms with van der Waals surface area (Å²) in [5.41, 5.74) is 1.29. The first kappa shape index (κ1) is 15.7. The Balaban J connectivity index is 3.23. The van der Waals surface area contributed by atoms with Gasteiger partial charge < -0.3 is 9.84 Å². The number of halogens is 1. The molecule has 0 saturated carbocycles. The van der Waals surface area contributed by atoms with Crippen molar-refractivity contribution in [3.8, 4) is 5.75 Å². The summed E-state index contributed by atoms with van der Waals surface area (Å²) in [4.78, 5) is 10.5. The minimum absolute atomic E-state index is 0.112. The van der Waals surface area contributed by atoms with E-state index in [4.69, 9.17) is 4.74 Å². The van der Waals surface area contributed by atoms with Crippen molar-refractivity contribution in [2.24, 2.45) is 0 Å². The Morgan fingerprint density at radius 2 is 2.21 bits per heavy atom. The predicted molar refractivity (Wildman–Crippen MR) is 76.4 cm³/mol. The average Bonchev–Trinajstić information content (AvgIpc) is 2.29. The second-order valence-corrected chi connectivity index (χ2v) is 5.28. The zero-order valence-corrected chi connectivity index (χ0v) is 12.6. The Bertz CT molecular complexity index is 508. The van der Waals surface area contributed by atoms with Crippen LogP contribution < -0.4 is 4.74 Å². The number of nitro benzene ring substituents is 1. The molecule has 0 heterocycles. The molecule has 1 N–H and O–H groups in total. The number of nitrogens with zero attached hydrogens (tertiary/aromatic N) is 1. The van der Waals surface area contributed by atoms with Crippen molar-refractivity contribution < 1.29 is 14.8 Å². The van der Waals surface area contributed by atoms with Crippen molar-refractivity contribution in [1.29, 1.82) is 0 Å². The Labute approximate surface area is 120 Å². The number of nitro groups is 1. The van der Waals surface area contributed by atoms with E-state index < -0.39 is 11.0 Å². The number of benzene rings is 1. The highest BCUT2D eigenvalue weighted by atomic mass is 79.9. The second-order valence-electron chi connectivity index (χ2n) is 4.37. The van der Waals surface area contributed by atoms with Crippen LogP contribution >= 0.6 is 15.9 Å². The van der Waals surface area contributed by atoms with Crippen LogP contribution in [0.3, 0.4) is 0 Å². The van der Waals surface area contributed by atoms with Crippen molar-refractivity contribution >= 4 is 21.6 Å². The Hall–Kier alpha value is -1.40. The van der Waals surface area contributed by atoms with Crippen molar-refractivity contribution in [2.75, 3.05) is 6.61 Å². The molecule has 19 heavy (non-hydrogen) atoms.